The molecule has 0 fully saturated rings. The van der Waals surface area contributed by atoms with Gasteiger partial charge in [-0.1, -0.05) is 12.1 Å². The molecule has 1 aliphatic heterocycles. The highest BCUT2D eigenvalue weighted by atomic mass is 16.6. The van der Waals surface area contributed by atoms with Gasteiger partial charge in [-0.25, -0.2) is 4.79 Å². The Balaban J connectivity index is 2.37. The minimum atomic E-state index is -0.412. The summed E-state index contributed by atoms with van der Waals surface area (Å²) in [5.74, 6) is 0.510. The molecule has 0 amide bonds. The van der Waals surface area contributed by atoms with E-state index in [1.54, 1.807) is 13.8 Å². The van der Waals surface area contributed by atoms with E-state index in [9.17, 15) is 10.0 Å². The Bertz CT molecular complexity index is 633. The molecule has 6 nitrogen and oxygen atoms in total. The van der Waals surface area contributed by atoms with Crippen LogP contribution in [0, 0.1) is 0 Å². The second kappa shape index (κ2) is 8.19. The van der Waals surface area contributed by atoms with E-state index in [-0.39, 0.29) is 6.61 Å². The van der Waals surface area contributed by atoms with Crippen molar-refractivity contribution in [2.45, 2.75) is 33.1 Å². The highest BCUT2D eigenvalue weighted by Crippen LogP contribution is 2.32. The number of oxime groups is 1. The van der Waals surface area contributed by atoms with Gasteiger partial charge in [0.05, 0.1) is 12.3 Å². The Morgan fingerprint density at radius 3 is 2.92 bits per heavy atom. The van der Waals surface area contributed by atoms with Gasteiger partial charge in [0.2, 0.25) is 0 Å². The van der Waals surface area contributed by atoms with Crippen LogP contribution >= 0.6 is 0 Å². The summed E-state index contributed by atoms with van der Waals surface area (Å²) in [6.45, 7) is 7.77. The van der Waals surface area contributed by atoms with Crippen molar-refractivity contribution in [2.75, 3.05) is 26.3 Å². The zero-order valence-electron chi connectivity index (χ0n) is 14.8. The molecule has 1 atom stereocenters. The molecule has 1 unspecified atom stereocenters. The van der Waals surface area contributed by atoms with Crippen LogP contribution in [0.2, 0.25) is 0 Å². The Hall–Kier alpha value is -2.02. The molecule has 130 valence electrons. The predicted molar refractivity (Wildman–Crippen MR) is 94.8 cm³/mol. The number of ether oxygens (including phenoxy) is 2. The first-order valence-corrected chi connectivity index (χ1v) is 8.29. The Morgan fingerprint density at radius 1 is 1.50 bits per heavy atom. The molecule has 7 heteroatoms. The lowest BCUT2D eigenvalue weighted by atomic mass is 9.91. The van der Waals surface area contributed by atoms with Crippen LogP contribution in [0.15, 0.2) is 17.3 Å². The largest absolute Gasteiger partial charge is 0.481 e. The first-order valence-electron chi connectivity index (χ1n) is 8.29. The van der Waals surface area contributed by atoms with E-state index in [0.717, 1.165) is 19.5 Å². The molecule has 0 spiro atoms. The fourth-order valence-corrected chi connectivity index (χ4v) is 3.08. The van der Waals surface area contributed by atoms with Crippen molar-refractivity contribution < 1.29 is 19.5 Å². The molecule has 1 N–H and O–H groups in total. The number of hydrogen-bond donors (Lipinski definition) is 1. The van der Waals surface area contributed by atoms with Crippen LogP contribution < -0.4 is 4.74 Å². The number of rotatable bonds is 5. The number of carbonyl (C=O) groups excluding carboxylic acids is 1. The molecule has 0 radical (unpaired) electrons. The third-order valence-corrected chi connectivity index (χ3v) is 4.31. The van der Waals surface area contributed by atoms with E-state index >= 15 is 0 Å². The van der Waals surface area contributed by atoms with E-state index in [1.807, 2.05) is 12.1 Å². The van der Waals surface area contributed by atoms with Crippen molar-refractivity contribution in [3.05, 3.63) is 28.8 Å². The summed E-state index contributed by atoms with van der Waals surface area (Å²) < 4.78 is 10.6. The molecule has 24 heavy (non-hydrogen) atoms. The van der Waals surface area contributed by atoms with Gasteiger partial charge >= 0.3 is 5.97 Å². The minimum absolute atomic E-state index is 0.159. The third-order valence-electron chi connectivity index (χ3n) is 4.31. The fraction of sp³-hybridized carbons (Fsp3) is 0.529. The highest BCUT2D eigenvalue weighted by Gasteiger charge is 2.21. The SMILES string of the molecule is BN1CCc2cc(OCC(=O)OCC)c(/C(C)=N/O)cc2C(C)C1. The van der Waals surface area contributed by atoms with E-state index < -0.39 is 5.97 Å². The molecule has 0 aliphatic carbocycles. The molecule has 1 aromatic rings. The summed E-state index contributed by atoms with van der Waals surface area (Å²) in [6.07, 6.45) is 0.918. The van der Waals surface area contributed by atoms with Gasteiger partial charge in [0.1, 0.15) is 5.75 Å². The molecule has 1 heterocycles. The number of carbonyl (C=O) groups is 1. The Labute approximate surface area is 143 Å². The van der Waals surface area contributed by atoms with Crippen molar-refractivity contribution in [3.63, 3.8) is 0 Å². The fourth-order valence-electron chi connectivity index (χ4n) is 3.08. The molecule has 1 aromatic carbocycles. The highest BCUT2D eigenvalue weighted by molar-refractivity contribution is 6.04. The maximum atomic E-state index is 11.6. The van der Waals surface area contributed by atoms with Crippen molar-refractivity contribution >= 4 is 19.7 Å². The van der Waals surface area contributed by atoms with Crippen molar-refractivity contribution in [2.24, 2.45) is 5.16 Å². The monoisotopic (exact) mass is 332 g/mol. The molecule has 1 aliphatic rings. The molecular formula is C17H25BN2O4. The van der Waals surface area contributed by atoms with E-state index in [0.29, 0.717) is 29.5 Å². The second-order valence-electron chi connectivity index (χ2n) is 6.24. The van der Waals surface area contributed by atoms with Gasteiger partial charge in [0.15, 0.2) is 14.6 Å². The standard InChI is InChI=1S/C17H25BN2O4/c1-4-23-17(21)10-24-16-7-13-5-6-20(18)9-11(2)14(13)8-15(16)12(3)19-22/h7-8,11,22H,4-6,9-10,18H2,1-3H3/b19-12+. The topological polar surface area (TPSA) is 71.4 Å². The van der Waals surface area contributed by atoms with Gasteiger partial charge in [-0.05, 0) is 62.5 Å². The van der Waals surface area contributed by atoms with Crippen LogP contribution in [0.1, 0.15) is 43.4 Å². The average Bonchev–Trinajstić information content (AvgIpc) is 2.70. The molecule has 2 rings (SSSR count). The summed E-state index contributed by atoms with van der Waals surface area (Å²) in [7, 11) is 2.11. The summed E-state index contributed by atoms with van der Waals surface area (Å²) in [4.78, 5) is 13.9. The molecule has 0 saturated carbocycles. The molecule has 0 bridgehead atoms. The Kier molecular flexibility index (Phi) is 6.26. The normalized spacial score (nSPS) is 18.6. The number of esters is 1. The van der Waals surface area contributed by atoms with Gasteiger partial charge in [-0.2, -0.15) is 0 Å². The van der Waals surface area contributed by atoms with Gasteiger partial charge in [-0.15, -0.1) is 0 Å². The maximum absolute atomic E-state index is 11.6. The van der Waals surface area contributed by atoms with Crippen LogP contribution in [-0.4, -0.2) is 56.0 Å². The van der Waals surface area contributed by atoms with E-state index in [1.165, 1.54) is 11.1 Å². The molecule has 0 saturated heterocycles. The first-order chi connectivity index (χ1) is 11.5. The third kappa shape index (κ3) is 4.29. The van der Waals surface area contributed by atoms with Gasteiger partial charge < -0.3 is 19.5 Å². The minimum Gasteiger partial charge on any atom is -0.481 e. The van der Waals surface area contributed by atoms with Crippen LogP contribution in [0.3, 0.4) is 0 Å². The zero-order chi connectivity index (χ0) is 17.7. The van der Waals surface area contributed by atoms with Crippen LogP contribution in [0.4, 0.5) is 0 Å². The van der Waals surface area contributed by atoms with E-state index in [2.05, 4.69) is 24.9 Å². The zero-order valence-corrected chi connectivity index (χ0v) is 14.8. The van der Waals surface area contributed by atoms with Gasteiger partial charge in [-0.3, -0.25) is 0 Å². The summed E-state index contributed by atoms with van der Waals surface area (Å²) in [5.41, 5.74) is 3.61. The quantitative estimate of drug-likeness (QED) is 0.290. The van der Waals surface area contributed by atoms with Crippen molar-refractivity contribution in [3.8, 4) is 5.75 Å². The number of hydrogen-bond acceptors (Lipinski definition) is 6. The second-order valence-corrected chi connectivity index (χ2v) is 6.24. The van der Waals surface area contributed by atoms with E-state index in [4.69, 9.17) is 9.47 Å². The number of fused-ring (bicyclic) bond motifs is 1. The van der Waals surface area contributed by atoms with Crippen molar-refractivity contribution in [1.29, 1.82) is 0 Å². The summed E-state index contributed by atoms with van der Waals surface area (Å²) in [6, 6.07) is 3.99. The van der Waals surface area contributed by atoms with Gasteiger partial charge in [0.25, 0.3) is 0 Å². The predicted octanol–water partition coefficient (Wildman–Crippen LogP) is 1.34. The van der Waals surface area contributed by atoms with Crippen LogP contribution in [0.5, 0.6) is 5.75 Å². The average molecular weight is 332 g/mol. The Morgan fingerprint density at radius 2 is 2.25 bits per heavy atom. The lowest BCUT2D eigenvalue weighted by Crippen LogP contribution is -2.24. The summed E-state index contributed by atoms with van der Waals surface area (Å²) in [5, 5.41) is 12.5. The smallest absolute Gasteiger partial charge is 0.344 e. The number of benzene rings is 1. The van der Waals surface area contributed by atoms with Crippen LogP contribution in [-0.2, 0) is 16.0 Å². The molecular weight excluding hydrogens is 307 g/mol. The van der Waals surface area contributed by atoms with Crippen molar-refractivity contribution in [1.82, 2.24) is 4.81 Å². The molecule has 0 aromatic heterocycles. The lowest BCUT2D eigenvalue weighted by Gasteiger charge is -2.19. The lowest BCUT2D eigenvalue weighted by molar-refractivity contribution is -0.145. The summed E-state index contributed by atoms with van der Waals surface area (Å²) >= 11 is 0. The maximum Gasteiger partial charge on any atom is 0.344 e. The first kappa shape index (κ1) is 18.3. The van der Waals surface area contributed by atoms with Crippen LogP contribution in [0.25, 0.3) is 0 Å². The number of nitrogens with zero attached hydrogens (tertiary/aromatic N) is 2. The van der Waals surface area contributed by atoms with Gasteiger partial charge in [0, 0.05) is 5.56 Å².